The molecule has 0 unspecified atom stereocenters. The van der Waals surface area contributed by atoms with Crippen LogP contribution in [0.15, 0.2) is 82.9 Å². The summed E-state index contributed by atoms with van der Waals surface area (Å²) in [4.78, 5) is 22.4. The van der Waals surface area contributed by atoms with E-state index < -0.39 is 0 Å². The summed E-state index contributed by atoms with van der Waals surface area (Å²) < 4.78 is 1.80. The van der Waals surface area contributed by atoms with Crippen molar-refractivity contribution >= 4 is 22.7 Å². The Morgan fingerprint density at radius 3 is 2.47 bits per heavy atom. The largest absolute Gasteiger partial charge is 0.287 e. The Bertz CT molecular complexity index is 1180. The zero-order chi connectivity index (χ0) is 20.9. The van der Waals surface area contributed by atoms with E-state index in [0.29, 0.717) is 24.3 Å². The van der Waals surface area contributed by atoms with Crippen LogP contribution < -0.4 is 5.56 Å². The third-order valence-electron chi connectivity index (χ3n) is 5.16. The number of thioether (sulfide) groups is 1. The Kier molecular flexibility index (Phi) is 6.29. The maximum atomic E-state index is 13.2. The van der Waals surface area contributed by atoms with Crippen LogP contribution >= 0.6 is 11.8 Å². The van der Waals surface area contributed by atoms with Gasteiger partial charge >= 0.3 is 0 Å². The maximum absolute atomic E-state index is 13.2. The first-order valence-electron chi connectivity index (χ1n) is 10.2. The second-order valence-electron chi connectivity index (χ2n) is 7.62. The quantitative estimate of drug-likeness (QED) is 0.297. The van der Waals surface area contributed by atoms with Crippen molar-refractivity contribution in [1.82, 2.24) is 14.5 Å². The SMILES string of the molecule is CC(C)c1ccc(CSc2nc3ccccc3c(=O)n2CCc2ccccn2)cc1. The van der Waals surface area contributed by atoms with Gasteiger partial charge in [0.1, 0.15) is 0 Å². The molecule has 0 aliphatic carbocycles. The predicted octanol–water partition coefficient (Wildman–Crippen LogP) is 5.45. The molecule has 0 bridgehead atoms. The number of para-hydroxylation sites is 1. The molecular formula is C25H25N3OS. The molecule has 0 aliphatic rings. The minimum absolute atomic E-state index is 0.00851. The Hall–Kier alpha value is -2.92. The third-order valence-corrected chi connectivity index (χ3v) is 6.21. The van der Waals surface area contributed by atoms with E-state index in [2.05, 4.69) is 43.1 Å². The standard InChI is InChI=1S/C25H25N3OS/c1-18(2)20-12-10-19(11-13-20)17-30-25-27-23-9-4-3-8-22(23)24(29)28(25)16-14-21-7-5-6-15-26-21/h3-13,15,18H,14,16-17H2,1-2H3. The summed E-state index contributed by atoms with van der Waals surface area (Å²) >= 11 is 1.61. The summed E-state index contributed by atoms with van der Waals surface area (Å²) in [7, 11) is 0. The number of nitrogens with zero attached hydrogens (tertiary/aromatic N) is 3. The molecule has 0 atom stereocenters. The maximum Gasteiger partial charge on any atom is 0.262 e. The minimum Gasteiger partial charge on any atom is -0.287 e. The van der Waals surface area contributed by atoms with Crippen molar-refractivity contribution in [3.05, 3.63) is 100 Å². The second-order valence-corrected chi connectivity index (χ2v) is 8.57. The molecule has 0 aliphatic heterocycles. The van der Waals surface area contributed by atoms with E-state index in [1.54, 1.807) is 22.5 Å². The molecule has 0 fully saturated rings. The zero-order valence-corrected chi connectivity index (χ0v) is 18.1. The van der Waals surface area contributed by atoms with Gasteiger partial charge in [0.15, 0.2) is 5.16 Å². The average molecular weight is 416 g/mol. The van der Waals surface area contributed by atoms with Crippen molar-refractivity contribution < 1.29 is 0 Å². The molecule has 0 saturated heterocycles. The van der Waals surface area contributed by atoms with E-state index in [4.69, 9.17) is 4.98 Å². The highest BCUT2D eigenvalue weighted by atomic mass is 32.2. The van der Waals surface area contributed by atoms with Gasteiger partial charge in [0, 0.05) is 30.6 Å². The van der Waals surface area contributed by atoms with E-state index in [1.165, 1.54) is 11.1 Å². The van der Waals surface area contributed by atoms with Gasteiger partial charge in [-0.3, -0.25) is 14.3 Å². The van der Waals surface area contributed by atoms with Gasteiger partial charge in [0.05, 0.1) is 10.9 Å². The Balaban J connectivity index is 1.62. The molecule has 0 N–H and O–H groups in total. The van der Waals surface area contributed by atoms with Gasteiger partial charge < -0.3 is 0 Å². The van der Waals surface area contributed by atoms with Crippen LogP contribution in [0, 0.1) is 0 Å². The smallest absolute Gasteiger partial charge is 0.262 e. The lowest BCUT2D eigenvalue weighted by Gasteiger charge is -2.13. The lowest BCUT2D eigenvalue weighted by Crippen LogP contribution is -2.24. The van der Waals surface area contributed by atoms with Crippen molar-refractivity contribution in [3.8, 4) is 0 Å². The van der Waals surface area contributed by atoms with Crippen LogP contribution in [0.2, 0.25) is 0 Å². The topological polar surface area (TPSA) is 47.8 Å². The highest BCUT2D eigenvalue weighted by Crippen LogP contribution is 2.24. The monoisotopic (exact) mass is 415 g/mol. The first-order chi connectivity index (χ1) is 14.6. The number of benzene rings is 2. The highest BCUT2D eigenvalue weighted by Gasteiger charge is 2.12. The van der Waals surface area contributed by atoms with Crippen LogP contribution in [0.1, 0.15) is 36.6 Å². The number of aryl methyl sites for hydroxylation is 1. The molecule has 0 radical (unpaired) electrons. The first-order valence-corrected chi connectivity index (χ1v) is 11.2. The lowest BCUT2D eigenvalue weighted by molar-refractivity contribution is 0.590. The molecule has 0 saturated carbocycles. The van der Waals surface area contributed by atoms with E-state index in [1.807, 2.05) is 42.5 Å². The van der Waals surface area contributed by atoms with E-state index in [0.717, 1.165) is 22.1 Å². The molecule has 4 nitrogen and oxygen atoms in total. The molecule has 0 amide bonds. The average Bonchev–Trinajstić information content (AvgIpc) is 2.78. The van der Waals surface area contributed by atoms with E-state index in [9.17, 15) is 4.79 Å². The van der Waals surface area contributed by atoms with E-state index in [-0.39, 0.29) is 5.56 Å². The summed E-state index contributed by atoms with van der Waals surface area (Å²) in [5.41, 5.74) is 4.28. The number of hydrogen-bond acceptors (Lipinski definition) is 4. The van der Waals surface area contributed by atoms with Crippen LogP contribution in [0.5, 0.6) is 0 Å². The van der Waals surface area contributed by atoms with Gasteiger partial charge in [0.25, 0.3) is 5.56 Å². The van der Waals surface area contributed by atoms with E-state index >= 15 is 0 Å². The number of hydrogen-bond donors (Lipinski definition) is 0. The number of fused-ring (bicyclic) bond motifs is 1. The lowest BCUT2D eigenvalue weighted by atomic mass is 10.0. The highest BCUT2D eigenvalue weighted by molar-refractivity contribution is 7.98. The minimum atomic E-state index is 0.00851. The summed E-state index contributed by atoms with van der Waals surface area (Å²) in [6.45, 7) is 4.95. The molecule has 2 heterocycles. The van der Waals surface area contributed by atoms with Crippen molar-refractivity contribution in [1.29, 1.82) is 0 Å². The van der Waals surface area contributed by atoms with Gasteiger partial charge in [0.2, 0.25) is 0 Å². The van der Waals surface area contributed by atoms with Crippen molar-refractivity contribution in [2.24, 2.45) is 0 Å². The summed E-state index contributed by atoms with van der Waals surface area (Å²) in [5, 5.41) is 1.41. The fraction of sp³-hybridized carbons (Fsp3) is 0.240. The fourth-order valence-corrected chi connectivity index (χ4v) is 4.36. The van der Waals surface area contributed by atoms with Crippen molar-refractivity contribution in [2.75, 3.05) is 0 Å². The Morgan fingerprint density at radius 1 is 0.967 bits per heavy atom. The van der Waals surface area contributed by atoms with Crippen molar-refractivity contribution in [2.45, 2.75) is 43.6 Å². The van der Waals surface area contributed by atoms with Gasteiger partial charge in [-0.05, 0) is 41.3 Å². The molecule has 30 heavy (non-hydrogen) atoms. The molecule has 152 valence electrons. The predicted molar refractivity (Wildman–Crippen MR) is 124 cm³/mol. The van der Waals surface area contributed by atoms with Crippen LogP contribution in [-0.2, 0) is 18.7 Å². The molecule has 4 aromatic rings. The molecule has 5 heteroatoms. The molecule has 2 aromatic heterocycles. The molecule has 0 spiro atoms. The normalized spacial score (nSPS) is 11.3. The summed E-state index contributed by atoms with van der Waals surface area (Å²) in [5.74, 6) is 1.29. The molecular weight excluding hydrogens is 390 g/mol. The number of aromatic nitrogens is 3. The van der Waals surface area contributed by atoms with Crippen LogP contribution in [0.25, 0.3) is 10.9 Å². The summed E-state index contributed by atoms with van der Waals surface area (Å²) in [6.07, 6.45) is 2.48. The fourth-order valence-electron chi connectivity index (χ4n) is 3.37. The Morgan fingerprint density at radius 2 is 1.73 bits per heavy atom. The summed E-state index contributed by atoms with van der Waals surface area (Å²) in [6, 6.07) is 22.1. The van der Waals surface area contributed by atoms with Gasteiger partial charge in [-0.2, -0.15) is 0 Å². The van der Waals surface area contributed by atoms with Gasteiger partial charge in [-0.25, -0.2) is 4.98 Å². The van der Waals surface area contributed by atoms with Crippen molar-refractivity contribution in [3.63, 3.8) is 0 Å². The van der Waals surface area contributed by atoms with Crippen LogP contribution in [-0.4, -0.2) is 14.5 Å². The number of rotatable bonds is 7. The van der Waals surface area contributed by atoms with Gasteiger partial charge in [-0.15, -0.1) is 0 Å². The first kappa shape index (κ1) is 20.4. The molecule has 2 aromatic carbocycles. The Labute approximate surface area is 181 Å². The van der Waals surface area contributed by atoms with Crippen LogP contribution in [0.3, 0.4) is 0 Å². The number of pyridine rings is 1. The second kappa shape index (κ2) is 9.26. The zero-order valence-electron chi connectivity index (χ0n) is 17.3. The van der Waals surface area contributed by atoms with Crippen LogP contribution in [0.4, 0.5) is 0 Å². The van der Waals surface area contributed by atoms with Gasteiger partial charge in [-0.1, -0.05) is 68.1 Å². The molecule has 4 rings (SSSR count). The third kappa shape index (κ3) is 4.62.